The summed E-state index contributed by atoms with van der Waals surface area (Å²) in [7, 11) is 1.88. The van der Waals surface area contributed by atoms with Crippen molar-refractivity contribution in [2.45, 2.75) is 0 Å². The van der Waals surface area contributed by atoms with Gasteiger partial charge in [-0.05, 0) is 6.07 Å². The van der Waals surface area contributed by atoms with Crippen molar-refractivity contribution in [2.24, 2.45) is 0 Å². The lowest BCUT2D eigenvalue weighted by molar-refractivity contribution is 1.28. The van der Waals surface area contributed by atoms with Gasteiger partial charge in [0.25, 0.3) is 0 Å². The monoisotopic (exact) mass is 131 g/mol. The SMILES string of the molecule is Bc1cnc(C#N)c(N)c1. The van der Waals surface area contributed by atoms with Crippen LogP contribution in [0.25, 0.3) is 0 Å². The zero-order valence-electron chi connectivity index (χ0n) is 5.63. The van der Waals surface area contributed by atoms with Gasteiger partial charge in [0, 0.05) is 6.20 Å². The highest BCUT2D eigenvalue weighted by Crippen LogP contribution is 2.01. The standard InChI is InChI=1S/C6H6BN3/c7-4-1-5(9)6(2-8)10-3-4/h1,3H,7,9H2. The van der Waals surface area contributed by atoms with Crippen molar-refractivity contribution in [3.63, 3.8) is 0 Å². The Hall–Kier alpha value is -1.50. The molecule has 1 aromatic heterocycles. The maximum absolute atomic E-state index is 8.42. The lowest BCUT2D eigenvalue weighted by atomic mass is 9.98. The average molecular weight is 131 g/mol. The second-order valence-electron chi connectivity index (χ2n) is 2.06. The van der Waals surface area contributed by atoms with Crippen LogP contribution in [0.15, 0.2) is 12.3 Å². The minimum atomic E-state index is 0.297. The van der Waals surface area contributed by atoms with Crippen LogP contribution in [0.5, 0.6) is 0 Å². The fourth-order valence-electron chi connectivity index (χ4n) is 0.685. The molecule has 1 rings (SSSR count). The van der Waals surface area contributed by atoms with Crippen LogP contribution in [0.1, 0.15) is 5.69 Å². The van der Waals surface area contributed by atoms with Crippen LogP contribution >= 0.6 is 0 Å². The van der Waals surface area contributed by atoms with Gasteiger partial charge in [-0.3, -0.25) is 0 Å². The molecule has 0 aliphatic carbocycles. The number of nitrogens with zero attached hydrogens (tertiary/aromatic N) is 2. The Balaban J connectivity index is 3.23. The Morgan fingerprint density at radius 3 is 2.90 bits per heavy atom. The second kappa shape index (κ2) is 2.40. The average Bonchev–Trinajstić information content (AvgIpc) is 1.88. The lowest BCUT2D eigenvalue weighted by Crippen LogP contribution is -2.06. The normalized spacial score (nSPS) is 8.70. The van der Waals surface area contributed by atoms with Crippen molar-refractivity contribution in [1.82, 2.24) is 4.98 Å². The van der Waals surface area contributed by atoms with Gasteiger partial charge in [-0.1, -0.05) is 5.46 Å². The molecule has 48 valence electrons. The number of nitrogens with two attached hydrogens (primary N) is 1. The van der Waals surface area contributed by atoms with Gasteiger partial charge in [-0.2, -0.15) is 5.26 Å². The van der Waals surface area contributed by atoms with Crippen LogP contribution in [0, 0.1) is 11.3 Å². The second-order valence-corrected chi connectivity index (χ2v) is 2.06. The number of hydrogen-bond acceptors (Lipinski definition) is 3. The minimum absolute atomic E-state index is 0.297. The molecule has 0 unspecified atom stereocenters. The lowest BCUT2D eigenvalue weighted by Gasteiger charge is -1.95. The van der Waals surface area contributed by atoms with E-state index in [0.717, 1.165) is 5.46 Å². The first-order valence-electron chi connectivity index (χ1n) is 2.86. The number of pyridine rings is 1. The fraction of sp³-hybridized carbons (Fsp3) is 0. The Kier molecular flexibility index (Phi) is 1.59. The predicted octanol–water partition coefficient (Wildman–Crippen LogP) is -1.21. The Morgan fingerprint density at radius 2 is 2.40 bits per heavy atom. The number of rotatable bonds is 0. The van der Waals surface area contributed by atoms with E-state index in [2.05, 4.69) is 4.98 Å². The number of nitrogen functional groups attached to an aromatic ring is 1. The van der Waals surface area contributed by atoms with Crippen LogP contribution in [0.4, 0.5) is 5.69 Å². The minimum Gasteiger partial charge on any atom is -0.396 e. The van der Waals surface area contributed by atoms with E-state index in [1.165, 1.54) is 0 Å². The number of hydrogen-bond donors (Lipinski definition) is 1. The molecule has 0 atom stereocenters. The van der Waals surface area contributed by atoms with E-state index in [-0.39, 0.29) is 0 Å². The maximum Gasteiger partial charge on any atom is 0.163 e. The summed E-state index contributed by atoms with van der Waals surface area (Å²) in [5, 5.41) is 8.42. The molecule has 0 saturated heterocycles. The highest BCUT2D eigenvalue weighted by atomic mass is 14.7. The molecule has 0 radical (unpaired) electrons. The summed E-state index contributed by atoms with van der Waals surface area (Å²) in [5.41, 5.74) is 7.16. The molecule has 0 aromatic carbocycles. The van der Waals surface area contributed by atoms with E-state index < -0.39 is 0 Å². The summed E-state index contributed by atoms with van der Waals surface area (Å²) in [5.74, 6) is 0. The molecule has 0 fully saturated rings. The molecule has 0 aliphatic heterocycles. The summed E-state index contributed by atoms with van der Waals surface area (Å²) in [6.45, 7) is 0. The van der Waals surface area contributed by atoms with Crippen LogP contribution in [0.2, 0.25) is 0 Å². The van der Waals surface area contributed by atoms with Crippen LogP contribution in [-0.4, -0.2) is 12.8 Å². The van der Waals surface area contributed by atoms with Crippen molar-refractivity contribution < 1.29 is 0 Å². The van der Waals surface area contributed by atoms with E-state index in [1.807, 2.05) is 13.9 Å². The van der Waals surface area contributed by atoms with E-state index in [9.17, 15) is 0 Å². The van der Waals surface area contributed by atoms with Gasteiger partial charge in [-0.15, -0.1) is 0 Å². The zero-order valence-corrected chi connectivity index (χ0v) is 5.63. The smallest absolute Gasteiger partial charge is 0.163 e. The topological polar surface area (TPSA) is 62.7 Å². The predicted molar refractivity (Wildman–Crippen MR) is 41.5 cm³/mol. The number of aromatic nitrogens is 1. The molecular weight excluding hydrogens is 125 g/mol. The first-order chi connectivity index (χ1) is 4.74. The van der Waals surface area contributed by atoms with Gasteiger partial charge in [0.15, 0.2) is 5.69 Å². The third-order valence-electron chi connectivity index (χ3n) is 1.16. The van der Waals surface area contributed by atoms with Gasteiger partial charge in [0.1, 0.15) is 13.9 Å². The Labute approximate surface area is 59.9 Å². The molecule has 0 amide bonds. The van der Waals surface area contributed by atoms with Gasteiger partial charge in [0.05, 0.1) is 5.69 Å². The fourth-order valence-corrected chi connectivity index (χ4v) is 0.685. The highest BCUT2D eigenvalue weighted by molar-refractivity contribution is 6.32. The van der Waals surface area contributed by atoms with Crippen molar-refractivity contribution in [2.75, 3.05) is 5.73 Å². The number of anilines is 1. The first kappa shape index (κ1) is 6.62. The Morgan fingerprint density at radius 1 is 1.70 bits per heavy atom. The largest absolute Gasteiger partial charge is 0.396 e. The molecule has 1 aromatic rings. The zero-order chi connectivity index (χ0) is 7.56. The molecule has 0 saturated carbocycles. The molecular formula is C6H6BN3. The Bertz CT molecular complexity index is 290. The van der Waals surface area contributed by atoms with Crippen LogP contribution in [-0.2, 0) is 0 Å². The molecule has 0 bridgehead atoms. The molecule has 4 heteroatoms. The molecule has 3 nitrogen and oxygen atoms in total. The first-order valence-corrected chi connectivity index (χ1v) is 2.86. The molecule has 10 heavy (non-hydrogen) atoms. The third kappa shape index (κ3) is 1.08. The van der Waals surface area contributed by atoms with Crippen molar-refractivity contribution in [1.29, 1.82) is 5.26 Å². The summed E-state index contributed by atoms with van der Waals surface area (Å²) in [6, 6.07) is 3.61. The van der Waals surface area contributed by atoms with E-state index in [4.69, 9.17) is 11.0 Å². The van der Waals surface area contributed by atoms with Crippen molar-refractivity contribution in [3.8, 4) is 6.07 Å². The van der Waals surface area contributed by atoms with Crippen LogP contribution in [0.3, 0.4) is 0 Å². The van der Waals surface area contributed by atoms with Crippen LogP contribution < -0.4 is 11.2 Å². The highest BCUT2D eigenvalue weighted by Gasteiger charge is 1.96. The summed E-state index contributed by atoms with van der Waals surface area (Å²) in [4.78, 5) is 3.81. The van der Waals surface area contributed by atoms with E-state index in [0.29, 0.717) is 11.4 Å². The molecule has 0 spiro atoms. The van der Waals surface area contributed by atoms with Gasteiger partial charge >= 0.3 is 0 Å². The number of nitriles is 1. The molecule has 2 N–H and O–H groups in total. The van der Waals surface area contributed by atoms with Gasteiger partial charge < -0.3 is 5.73 Å². The maximum atomic E-state index is 8.42. The molecule has 1 heterocycles. The quantitative estimate of drug-likeness (QED) is 0.449. The van der Waals surface area contributed by atoms with E-state index >= 15 is 0 Å². The third-order valence-corrected chi connectivity index (χ3v) is 1.16. The van der Waals surface area contributed by atoms with Gasteiger partial charge in [-0.25, -0.2) is 4.98 Å². The van der Waals surface area contributed by atoms with Gasteiger partial charge in [0.2, 0.25) is 0 Å². The van der Waals surface area contributed by atoms with Crippen molar-refractivity contribution in [3.05, 3.63) is 18.0 Å². The molecule has 0 aliphatic rings. The summed E-state index contributed by atoms with van der Waals surface area (Å²) in [6.07, 6.45) is 1.62. The van der Waals surface area contributed by atoms with E-state index in [1.54, 1.807) is 12.3 Å². The summed E-state index contributed by atoms with van der Waals surface area (Å²) >= 11 is 0. The summed E-state index contributed by atoms with van der Waals surface area (Å²) < 4.78 is 0. The van der Waals surface area contributed by atoms with Crippen molar-refractivity contribution >= 4 is 19.0 Å².